The standard InChI is InChI=1S/C16H14N4O2/c1-10-6-13(16(21)22)7-15(11(10)2)20-9-14(18-19-20)12-4-3-5-17-8-12/h3-9H,1-2H3,(H,21,22). The molecule has 6 heteroatoms. The first-order valence-corrected chi connectivity index (χ1v) is 6.74. The lowest BCUT2D eigenvalue weighted by atomic mass is 10.0. The first-order valence-electron chi connectivity index (χ1n) is 6.74. The van der Waals surface area contributed by atoms with Crippen LogP contribution in [-0.4, -0.2) is 31.1 Å². The molecule has 0 saturated heterocycles. The summed E-state index contributed by atoms with van der Waals surface area (Å²) >= 11 is 0. The largest absolute Gasteiger partial charge is 0.478 e. The molecule has 0 aliphatic heterocycles. The summed E-state index contributed by atoms with van der Waals surface area (Å²) in [5.74, 6) is -0.961. The summed E-state index contributed by atoms with van der Waals surface area (Å²) in [6, 6.07) is 6.98. The van der Waals surface area contributed by atoms with E-state index in [1.807, 2.05) is 26.0 Å². The molecule has 0 aliphatic carbocycles. The van der Waals surface area contributed by atoms with Crippen molar-refractivity contribution in [3.8, 4) is 16.9 Å². The maximum atomic E-state index is 11.2. The van der Waals surface area contributed by atoms with Crippen LogP contribution in [0.25, 0.3) is 16.9 Å². The van der Waals surface area contributed by atoms with Gasteiger partial charge in [0.15, 0.2) is 0 Å². The second-order valence-corrected chi connectivity index (χ2v) is 5.03. The van der Waals surface area contributed by atoms with Crippen molar-refractivity contribution in [1.82, 2.24) is 20.0 Å². The Labute approximate surface area is 127 Å². The maximum Gasteiger partial charge on any atom is 0.335 e. The second kappa shape index (κ2) is 5.40. The number of aromatic carboxylic acids is 1. The molecule has 6 nitrogen and oxygen atoms in total. The van der Waals surface area contributed by atoms with E-state index in [1.54, 1.807) is 35.4 Å². The predicted octanol–water partition coefficient (Wildman–Crippen LogP) is 2.64. The highest BCUT2D eigenvalue weighted by Crippen LogP contribution is 2.22. The van der Waals surface area contributed by atoms with E-state index in [2.05, 4.69) is 15.3 Å². The van der Waals surface area contributed by atoms with Crippen LogP contribution in [0.15, 0.2) is 42.9 Å². The average molecular weight is 294 g/mol. The van der Waals surface area contributed by atoms with Crippen molar-refractivity contribution in [2.45, 2.75) is 13.8 Å². The smallest absolute Gasteiger partial charge is 0.335 e. The fourth-order valence-corrected chi connectivity index (χ4v) is 2.23. The van der Waals surface area contributed by atoms with Crippen molar-refractivity contribution in [3.63, 3.8) is 0 Å². The van der Waals surface area contributed by atoms with Crippen LogP contribution in [0.1, 0.15) is 21.5 Å². The van der Waals surface area contributed by atoms with Gasteiger partial charge in [0.1, 0.15) is 5.69 Å². The number of aryl methyl sites for hydroxylation is 1. The summed E-state index contributed by atoms with van der Waals surface area (Å²) in [5.41, 5.74) is 4.35. The summed E-state index contributed by atoms with van der Waals surface area (Å²) in [5, 5.41) is 17.4. The Morgan fingerprint density at radius 3 is 2.77 bits per heavy atom. The highest BCUT2D eigenvalue weighted by Gasteiger charge is 2.13. The molecule has 1 aromatic carbocycles. The fourth-order valence-electron chi connectivity index (χ4n) is 2.23. The summed E-state index contributed by atoms with van der Waals surface area (Å²) in [7, 11) is 0. The van der Waals surface area contributed by atoms with Gasteiger partial charge in [0.2, 0.25) is 0 Å². The van der Waals surface area contributed by atoms with Crippen LogP contribution in [0.4, 0.5) is 0 Å². The highest BCUT2D eigenvalue weighted by atomic mass is 16.4. The Bertz CT molecular complexity index is 841. The van der Waals surface area contributed by atoms with Crippen molar-refractivity contribution in [2.24, 2.45) is 0 Å². The molecular formula is C16H14N4O2. The van der Waals surface area contributed by atoms with Crippen LogP contribution in [0.5, 0.6) is 0 Å². The minimum Gasteiger partial charge on any atom is -0.478 e. The fraction of sp³-hybridized carbons (Fsp3) is 0.125. The molecule has 0 atom stereocenters. The van der Waals surface area contributed by atoms with Gasteiger partial charge in [0.25, 0.3) is 0 Å². The molecule has 0 saturated carbocycles. The molecule has 1 N–H and O–H groups in total. The molecule has 0 bridgehead atoms. The highest BCUT2D eigenvalue weighted by molar-refractivity contribution is 5.89. The van der Waals surface area contributed by atoms with Gasteiger partial charge in [-0.2, -0.15) is 0 Å². The van der Waals surface area contributed by atoms with Crippen molar-refractivity contribution < 1.29 is 9.90 Å². The number of carboxylic acid groups (broad SMARTS) is 1. The van der Waals surface area contributed by atoms with E-state index < -0.39 is 5.97 Å². The van der Waals surface area contributed by atoms with Crippen LogP contribution < -0.4 is 0 Å². The summed E-state index contributed by atoms with van der Waals surface area (Å²) in [4.78, 5) is 15.3. The lowest BCUT2D eigenvalue weighted by Crippen LogP contribution is -2.04. The molecule has 0 spiro atoms. The molecule has 3 rings (SSSR count). The van der Waals surface area contributed by atoms with E-state index in [0.29, 0.717) is 11.4 Å². The first kappa shape index (κ1) is 13.9. The van der Waals surface area contributed by atoms with E-state index in [0.717, 1.165) is 16.7 Å². The molecule has 110 valence electrons. The lowest BCUT2D eigenvalue weighted by Gasteiger charge is -2.09. The van der Waals surface area contributed by atoms with Gasteiger partial charge in [-0.1, -0.05) is 5.21 Å². The molecule has 3 aromatic rings. The van der Waals surface area contributed by atoms with Gasteiger partial charge < -0.3 is 5.11 Å². The molecule has 0 unspecified atom stereocenters. The number of rotatable bonds is 3. The van der Waals surface area contributed by atoms with Crippen molar-refractivity contribution in [3.05, 3.63) is 59.5 Å². The van der Waals surface area contributed by atoms with Gasteiger partial charge in [-0.05, 0) is 49.2 Å². The van der Waals surface area contributed by atoms with Crippen LogP contribution in [0, 0.1) is 13.8 Å². The van der Waals surface area contributed by atoms with E-state index in [4.69, 9.17) is 0 Å². The molecular weight excluding hydrogens is 280 g/mol. The molecule has 2 aromatic heterocycles. The number of carbonyl (C=O) groups is 1. The molecule has 0 aliphatic rings. The van der Waals surface area contributed by atoms with Crippen molar-refractivity contribution in [2.75, 3.05) is 0 Å². The Balaban J connectivity index is 2.09. The molecule has 0 radical (unpaired) electrons. The van der Waals surface area contributed by atoms with Gasteiger partial charge in [-0.15, -0.1) is 5.10 Å². The first-order chi connectivity index (χ1) is 10.6. The Morgan fingerprint density at radius 2 is 2.09 bits per heavy atom. The van der Waals surface area contributed by atoms with Crippen molar-refractivity contribution in [1.29, 1.82) is 0 Å². The topological polar surface area (TPSA) is 80.9 Å². The van der Waals surface area contributed by atoms with E-state index in [9.17, 15) is 9.90 Å². The third kappa shape index (κ3) is 2.46. The Kier molecular flexibility index (Phi) is 3.42. The molecule has 22 heavy (non-hydrogen) atoms. The van der Waals surface area contributed by atoms with Crippen LogP contribution in [0.3, 0.4) is 0 Å². The summed E-state index contributed by atoms with van der Waals surface area (Å²) in [6.45, 7) is 3.81. The number of pyridine rings is 1. The monoisotopic (exact) mass is 294 g/mol. The summed E-state index contributed by atoms with van der Waals surface area (Å²) in [6.07, 6.45) is 5.17. The number of aromatic nitrogens is 4. The third-order valence-corrected chi connectivity index (χ3v) is 3.58. The van der Waals surface area contributed by atoms with E-state index in [1.165, 1.54) is 0 Å². The number of nitrogens with zero attached hydrogens (tertiary/aromatic N) is 4. The quantitative estimate of drug-likeness (QED) is 0.803. The predicted molar refractivity (Wildman–Crippen MR) is 81.0 cm³/mol. The molecule has 2 heterocycles. The minimum atomic E-state index is -0.961. The lowest BCUT2D eigenvalue weighted by molar-refractivity contribution is 0.0696. The van der Waals surface area contributed by atoms with Crippen LogP contribution in [0.2, 0.25) is 0 Å². The minimum absolute atomic E-state index is 0.233. The SMILES string of the molecule is Cc1cc(C(=O)O)cc(-n2cc(-c3cccnc3)nn2)c1C. The third-order valence-electron chi connectivity index (χ3n) is 3.58. The zero-order chi connectivity index (χ0) is 15.7. The van der Waals surface area contributed by atoms with Crippen LogP contribution in [-0.2, 0) is 0 Å². The van der Waals surface area contributed by atoms with E-state index in [-0.39, 0.29) is 5.56 Å². The van der Waals surface area contributed by atoms with E-state index >= 15 is 0 Å². The van der Waals surface area contributed by atoms with Gasteiger partial charge in [0.05, 0.1) is 17.4 Å². The number of benzene rings is 1. The number of hydrogen-bond acceptors (Lipinski definition) is 4. The molecule has 0 amide bonds. The second-order valence-electron chi connectivity index (χ2n) is 5.03. The van der Waals surface area contributed by atoms with Crippen molar-refractivity contribution >= 4 is 5.97 Å². The van der Waals surface area contributed by atoms with Gasteiger partial charge >= 0.3 is 5.97 Å². The Hall–Kier alpha value is -3.02. The average Bonchev–Trinajstić information content (AvgIpc) is 3.00. The van der Waals surface area contributed by atoms with Crippen LogP contribution >= 0.6 is 0 Å². The molecule has 0 fully saturated rings. The Morgan fingerprint density at radius 1 is 1.27 bits per heavy atom. The van der Waals surface area contributed by atoms with Gasteiger partial charge in [-0.25, -0.2) is 9.48 Å². The zero-order valence-corrected chi connectivity index (χ0v) is 12.2. The van der Waals surface area contributed by atoms with Gasteiger partial charge in [-0.3, -0.25) is 4.98 Å². The maximum absolute atomic E-state index is 11.2. The zero-order valence-electron chi connectivity index (χ0n) is 12.2. The summed E-state index contributed by atoms with van der Waals surface area (Å²) < 4.78 is 1.59. The number of hydrogen-bond donors (Lipinski definition) is 1. The normalized spacial score (nSPS) is 10.6. The van der Waals surface area contributed by atoms with Gasteiger partial charge in [0, 0.05) is 18.0 Å². The number of carboxylic acids is 1.